The molecule has 7 heteroatoms. The highest BCUT2D eigenvalue weighted by Gasteiger charge is 2.49. The molecule has 1 heterocycles. The van der Waals surface area contributed by atoms with Gasteiger partial charge in [-0.3, -0.25) is 4.90 Å². The molecule has 20 heavy (non-hydrogen) atoms. The first-order chi connectivity index (χ1) is 9.47. The summed E-state index contributed by atoms with van der Waals surface area (Å²) >= 11 is 1.57. The first-order valence-electron chi connectivity index (χ1n) is 7.01. The molecule has 1 aliphatic heterocycles. The van der Waals surface area contributed by atoms with Crippen molar-refractivity contribution in [2.75, 3.05) is 18.9 Å². The molecule has 2 rings (SSSR count). The average Bonchev–Trinajstić information content (AvgIpc) is 3.13. The second kappa shape index (κ2) is 6.22. The summed E-state index contributed by atoms with van der Waals surface area (Å²) in [5.74, 6) is -0.0639. The predicted octanol–water partition coefficient (Wildman–Crippen LogP) is 1.05. The molecule has 2 N–H and O–H groups in total. The lowest BCUT2D eigenvalue weighted by Crippen LogP contribution is -2.54. The average molecular weight is 302 g/mol. The number of carbonyl (C=O) groups is 2. The minimum atomic E-state index is -0.943. The summed E-state index contributed by atoms with van der Waals surface area (Å²) < 4.78 is 0. The molecule has 0 aromatic heterocycles. The molecular formula is C13H22N2O4S. The van der Waals surface area contributed by atoms with Crippen LogP contribution in [0.25, 0.3) is 0 Å². The number of carboxylic acid groups (broad SMARTS) is 1. The highest BCUT2D eigenvalue weighted by atomic mass is 32.2. The van der Waals surface area contributed by atoms with Gasteiger partial charge in [-0.15, -0.1) is 11.8 Å². The molecule has 1 aliphatic carbocycles. The van der Waals surface area contributed by atoms with Crippen LogP contribution in [0.15, 0.2) is 0 Å². The molecule has 0 aromatic carbocycles. The van der Waals surface area contributed by atoms with Gasteiger partial charge in [0.15, 0.2) is 0 Å². The third-order valence-electron chi connectivity index (χ3n) is 3.78. The Labute approximate surface area is 123 Å². The first-order valence-corrected chi connectivity index (χ1v) is 8.06. The Kier molecular flexibility index (Phi) is 4.80. The maximum atomic E-state index is 12.7. The van der Waals surface area contributed by atoms with Gasteiger partial charge in [0.25, 0.3) is 0 Å². The molecule has 0 bridgehead atoms. The van der Waals surface area contributed by atoms with E-state index in [-0.39, 0.29) is 30.6 Å². The van der Waals surface area contributed by atoms with Crippen LogP contribution in [-0.2, 0) is 4.79 Å². The number of nitrogens with zero attached hydrogens (tertiary/aromatic N) is 2. The van der Waals surface area contributed by atoms with Crippen LogP contribution >= 0.6 is 11.8 Å². The number of carboxylic acids is 1. The van der Waals surface area contributed by atoms with Gasteiger partial charge in [-0.1, -0.05) is 0 Å². The Bertz CT molecular complexity index is 387. The number of aliphatic hydroxyl groups is 1. The summed E-state index contributed by atoms with van der Waals surface area (Å²) in [6.45, 7) is 3.87. The van der Waals surface area contributed by atoms with Crippen LogP contribution < -0.4 is 0 Å². The molecule has 1 saturated carbocycles. The lowest BCUT2D eigenvalue weighted by atomic mass is 10.2. The Balaban J connectivity index is 2.19. The fraction of sp³-hybridized carbons (Fsp3) is 0.846. The van der Waals surface area contributed by atoms with E-state index < -0.39 is 12.0 Å². The molecule has 0 aromatic rings. The standard InChI is InChI=1S/C13H22N2O4S/c1-8(2)14(5-6-16)13(19)15-10(12(17)18)7-20-11(15)9-3-4-9/h8-11,16H,3-7H2,1-2H3,(H,17,18). The zero-order valence-corrected chi connectivity index (χ0v) is 12.7. The van der Waals surface area contributed by atoms with Crippen LogP contribution in [0, 0.1) is 5.92 Å². The van der Waals surface area contributed by atoms with Crippen LogP contribution in [0.2, 0.25) is 0 Å². The summed E-state index contributed by atoms with van der Waals surface area (Å²) in [7, 11) is 0. The number of hydrogen-bond acceptors (Lipinski definition) is 4. The fourth-order valence-electron chi connectivity index (χ4n) is 2.54. The van der Waals surface area contributed by atoms with Crippen LogP contribution in [0.5, 0.6) is 0 Å². The van der Waals surface area contributed by atoms with Gasteiger partial charge in [-0.2, -0.15) is 0 Å². The van der Waals surface area contributed by atoms with Crippen molar-refractivity contribution in [2.24, 2.45) is 5.92 Å². The van der Waals surface area contributed by atoms with Crippen LogP contribution in [0.4, 0.5) is 4.79 Å². The highest BCUT2D eigenvalue weighted by Crippen LogP contribution is 2.45. The second-order valence-corrected chi connectivity index (χ2v) is 6.77. The van der Waals surface area contributed by atoms with E-state index in [0.717, 1.165) is 12.8 Å². The Hall–Kier alpha value is -0.950. The van der Waals surface area contributed by atoms with Crippen LogP contribution in [0.1, 0.15) is 26.7 Å². The highest BCUT2D eigenvalue weighted by molar-refractivity contribution is 8.00. The lowest BCUT2D eigenvalue weighted by Gasteiger charge is -2.35. The van der Waals surface area contributed by atoms with Crippen LogP contribution in [0.3, 0.4) is 0 Å². The fourth-order valence-corrected chi connectivity index (χ4v) is 4.16. The van der Waals surface area contributed by atoms with Gasteiger partial charge >= 0.3 is 12.0 Å². The van der Waals surface area contributed by atoms with Gasteiger partial charge in [0.2, 0.25) is 0 Å². The molecule has 2 unspecified atom stereocenters. The van der Waals surface area contributed by atoms with E-state index in [4.69, 9.17) is 5.11 Å². The van der Waals surface area contributed by atoms with E-state index in [9.17, 15) is 14.7 Å². The molecule has 2 fully saturated rings. The molecule has 1 saturated heterocycles. The Morgan fingerprint density at radius 1 is 1.40 bits per heavy atom. The quantitative estimate of drug-likeness (QED) is 0.793. The molecule has 2 atom stereocenters. The number of aliphatic hydroxyl groups excluding tert-OH is 1. The zero-order valence-electron chi connectivity index (χ0n) is 11.9. The van der Waals surface area contributed by atoms with E-state index in [1.807, 2.05) is 13.8 Å². The number of thioether (sulfide) groups is 1. The van der Waals surface area contributed by atoms with Crippen molar-refractivity contribution in [3.05, 3.63) is 0 Å². The third kappa shape index (κ3) is 3.03. The Morgan fingerprint density at radius 3 is 2.50 bits per heavy atom. The van der Waals surface area contributed by atoms with E-state index in [0.29, 0.717) is 11.7 Å². The number of urea groups is 1. The minimum absolute atomic E-state index is 0.0245. The topological polar surface area (TPSA) is 81.1 Å². The van der Waals surface area contributed by atoms with E-state index in [1.165, 1.54) is 4.90 Å². The van der Waals surface area contributed by atoms with Crippen molar-refractivity contribution in [3.8, 4) is 0 Å². The lowest BCUT2D eigenvalue weighted by molar-refractivity contribution is -0.141. The van der Waals surface area contributed by atoms with Crippen molar-refractivity contribution in [1.29, 1.82) is 0 Å². The molecule has 0 radical (unpaired) electrons. The smallest absolute Gasteiger partial charge is 0.327 e. The summed E-state index contributed by atoms with van der Waals surface area (Å²) in [5.41, 5.74) is 0. The van der Waals surface area contributed by atoms with Gasteiger partial charge in [-0.05, 0) is 32.6 Å². The van der Waals surface area contributed by atoms with Crippen molar-refractivity contribution >= 4 is 23.8 Å². The van der Waals surface area contributed by atoms with Crippen molar-refractivity contribution < 1.29 is 19.8 Å². The predicted molar refractivity (Wildman–Crippen MR) is 76.6 cm³/mol. The maximum absolute atomic E-state index is 12.7. The van der Waals surface area contributed by atoms with Crippen molar-refractivity contribution in [3.63, 3.8) is 0 Å². The normalized spacial score (nSPS) is 26.1. The van der Waals surface area contributed by atoms with Crippen LogP contribution in [-0.4, -0.2) is 68.4 Å². The molecule has 114 valence electrons. The summed E-state index contributed by atoms with van der Waals surface area (Å²) in [6, 6.07) is -1.07. The van der Waals surface area contributed by atoms with Gasteiger partial charge in [0, 0.05) is 18.3 Å². The van der Waals surface area contributed by atoms with E-state index in [1.54, 1.807) is 16.7 Å². The van der Waals surface area contributed by atoms with Gasteiger partial charge < -0.3 is 15.1 Å². The van der Waals surface area contributed by atoms with Gasteiger partial charge in [0.1, 0.15) is 6.04 Å². The van der Waals surface area contributed by atoms with Crippen molar-refractivity contribution in [1.82, 2.24) is 9.80 Å². The van der Waals surface area contributed by atoms with Gasteiger partial charge in [0.05, 0.1) is 12.0 Å². The number of rotatable bonds is 5. The number of aliphatic carboxylic acids is 1. The molecule has 2 aliphatic rings. The largest absolute Gasteiger partial charge is 0.480 e. The Morgan fingerprint density at radius 2 is 2.05 bits per heavy atom. The minimum Gasteiger partial charge on any atom is -0.480 e. The third-order valence-corrected chi connectivity index (χ3v) is 5.24. The maximum Gasteiger partial charge on any atom is 0.327 e. The first kappa shape index (κ1) is 15.4. The van der Waals surface area contributed by atoms with E-state index in [2.05, 4.69) is 0 Å². The molecular weight excluding hydrogens is 280 g/mol. The summed E-state index contributed by atoms with van der Waals surface area (Å²) in [4.78, 5) is 27.2. The SMILES string of the molecule is CC(C)N(CCO)C(=O)N1C(C(=O)O)CSC1C1CC1. The van der Waals surface area contributed by atoms with Gasteiger partial charge in [-0.25, -0.2) is 9.59 Å². The molecule has 2 amide bonds. The zero-order chi connectivity index (χ0) is 14.9. The summed E-state index contributed by atoms with van der Waals surface area (Å²) in [5, 5.41) is 18.4. The monoisotopic (exact) mass is 302 g/mol. The number of carbonyl (C=O) groups excluding carboxylic acids is 1. The molecule has 0 spiro atoms. The second-order valence-electron chi connectivity index (χ2n) is 5.62. The number of amides is 2. The van der Waals surface area contributed by atoms with Crippen molar-refractivity contribution in [2.45, 2.75) is 44.1 Å². The number of hydrogen-bond donors (Lipinski definition) is 2. The summed E-state index contributed by atoms with van der Waals surface area (Å²) in [6.07, 6.45) is 2.13. The molecule has 6 nitrogen and oxygen atoms in total. The van der Waals surface area contributed by atoms with E-state index >= 15 is 0 Å².